The number of carbonyl (C=O) groups excluding carboxylic acids is 1. The summed E-state index contributed by atoms with van der Waals surface area (Å²) in [7, 11) is 4.25. The summed E-state index contributed by atoms with van der Waals surface area (Å²) in [6.07, 6.45) is 2.50. The number of carbonyl (C=O) groups is 1. The second-order valence-electron chi connectivity index (χ2n) is 6.18. The van der Waals surface area contributed by atoms with Gasteiger partial charge in [-0.25, -0.2) is 0 Å². The van der Waals surface area contributed by atoms with Crippen LogP contribution < -0.4 is 0 Å². The maximum absolute atomic E-state index is 12.3. The molecule has 0 bridgehead atoms. The van der Waals surface area contributed by atoms with Crippen molar-refractivity contribution in [2.45, 2.75) is 19.8 Å². The van der Waals surface area contributed by atoms with E-state index in [1.165, 1.54) is 25.9 Å². The van der Waals surface area contributed by atoms with Crippen molar-refractivity contribution in [3.8, 4) is 0 Å². The van der Waals surface area contributed by atoms with E-state index in [9.17, 15) is 4.79 Å². The number of hydrogen-bond donors (Lipinski definition) is 0. The van der Waals surface area contributed by atoms with Crippen molar-refractivity contribution in [3.05, 3.63) is 35.4 Å². The predicted octanol–water partition coefficient (Wildman–Crippen LogP) is 2.45. The van der Waals surface area contributed by atoms with Gasteiger partial charge in [-0.15, -0.1) is 0 Å². The number of likely N-dealkylation sites (N-methyl/N-ethyl adjacent to an activating group) is 1. The van der Waals surface area contributed by atoms with Crippen molar-refractivity contribution in [1.29, 1.82) is 0 Å². The Morgan fingerprint density at radius 3 is 2.60 bits per heavy atom. The van der Waals surface area contributed by atoms with Crippen LogP contribution in [0.1, 0.15) is 28.8 Å². The lowest BCUT2D eigenvalue weighted by Gasteiger charge is -2.31. The molecular weight excluding hydrogens is 248 g/mol. The van der Waals surface area contributed by atoms with Gasteiger partial charge >= 0.3 is 0 Å². The third-order valence-corrected chi connectivity index (χ3v) is 4.27. The van der Waals surface area contributed by atoms with E-state index in [-0.39, 0.29) is 5.78 Å². The highest BCUT2D eigenvalue weighted by atomic mass is 16.1. The summed E-state index contributed by atoms with van der Waals surface area (Å²) in [6, 6.07) is 7.86. The molecule has 0 unspecified atom stereocenters. The average molecular weight is 274 g/mol. The van der Waals surface area contributed by atoms with Crippen molar-refractivity contribution in [2.75, 3.05) is 40.3 Å². The molecule has 20 heavy (non-hydrogen) atoms. The van der Waals surface area contributed by atoms with Crippen molar-refractivity contribution in [2.24, 2.45) is 5.92 Å². The average Bonchev–Trinajstić information content (AvgIpc) is 2.41. The maximum Gasteiger partial charge on any atom is 0.177 e. The van der Waals surface area contributed by atoms with Gasteiger partial charge in [0.15, 0.2) is 5.78 Å². The predicted molar refractivity (Wildman–Crippen MR) is 83.2 cm³/mol. The summed E-state index contributed by atoms with van der Waals surface area (Å²) in [5.74, 6) is 0.972. The number of aryl methyl sites for hydroxylation is 1. The van der Waals surface area contributed by atoms with E-state index in [1.54, 1.807) is 0 Å². The van der Waals surface area contributed by atoms with Gasteiger partial charge in [0.1, 0.15) is 0 Å². The lowest BCUT2D eigenvalue weighted by molar-refractivity contribution is 0.0924. The van der Waals surface area contributed by atoms with E-state index in [1.807, 2.05) is 31.2 Å². The zero-order chi connectivity index (χ0) is 14.5. The van der Waals surface area contributed by atoms with Gasteiger partial charge < -0.3 is 4.90 Å². The van der Waals surface area contributed by atoms with E-state index in [0.717, 1.165) is 23.6 Å². The standard InChI is InChI=1S/C17H26N2O/c1-14-6-4-5-7-16(14)17(20)13-19(3)12-15-8-10-18(2)11-9-15/h4-7,15H,8-13H2,1-3H3. The van der Waals surface area contributed by atoms with Gasteiger partial charge in [-0.3, -0.25) is 9.69 Å². The Labute approximate surface area is 122 Å². The van der Waals surface area contributed by atoms with Gasteiger partial charge in [-0.1, -0.05) is 24.3 Å². The number of ketones is 1. The van der Waals surface area contributed by atoms with Crippen LogP contribution in [0.4, 0.5) is 0 Å². The normalized spacial score (nSPS) is 17.6. The van der Waals surface area contributed by atoms with E-state index < -0.39 is 0 Å². The van der Waals surface area contributed by atoms with Crippen LogP contribution in [-0.4, -0.2) is 55.9 Å². The highest BCUT2D eigenvalue weighted by Gasteiger charge is 2.19. The lowest BCUT2D eigenvalue weighted by atomic mass is 9.96. The summed E-state index contributed by atoms with van der Waals surface area (Å²) < 4.78 is 0. The Hall–Kier alpha value is -1.19. The monoisotopic (exact) mass is 274 g/mol. The molecule has 0 aromatic heterocycles. The Kier molecular flexibility index (Phi) is 5.32. The first kappa shape index (κ1) is 15.2. The number of hydrogen-bond acceptors (Lipinski definition) is 3. The molecular formula is C17H26N2O. The second-order valence-corrected chi connectivity index (χ2v) is 6.18. The summed E-state index contributed by atoms with van der Waals surface area (Å²) >= 11 is 0. The molecule has 1 fully saturated rings. The number of piperidine rings is 1. The molecule has 3 nitrogen and oxygen atoms in total. The molecule has 1 aliphatic heterocycles. The molecule has 0 amide bonds. The minimum atomic E-state index is 0.235. The van der Waals surface area contributed by atoms with E-state index in [4.69, 9.17) is 0 Å². The first-order chi connectivity index (χ1) is 9.56. The van der Waals surface area contributed by atoms with Crippen LogP contribution in [0.3, 0.4) is 0 Å². The smallest absolute Gasteiger partial charge is 0.177 e. The molecule has 0 saturated carbocycles. The number of Topliss-reactive ketones (excluding diaryl/α,β-unsaturated/α-hetero) is 1. The zero-order valence-electron chi connectivity index (χ0n) is 12.9. The molecule has 3 heteroatoms. The van der Waals surface area contributed by atoms with Crippen LogP contribution in [0.2, 0.25) is 0 Å². The molecule has 1 aromatic rings. The number of benzene rings is 1. The van der Waals surface area contributed by atoms with Crippen molar-refractivity contribution >= 4 is 5.78 Å². The third kappa shape index (κ3) is 4.15. The maximum atomic E-state index is 12.3. The molecule has 0 spiro atoms. The van der Waals surface area contributed by atoms with Crippen molar-refractivity contribution in [1.82, 2.24) is 9.80 Å². The minimum Gasteiger partial charge on any atom is -0.306 e. The summed E-state index contributed by atoms with van der Waals surface area (Å²) in [5, 5.41) is 0. The summed E-state index contributed by atoms with van der Waals surface area (Å²) in [4.78, 5) is 16.9. The molecule has 1 aliphatic rings. The summed E-state index contributed by atoms with van der Waals surface area (Å²) in [5.41, 5.74) is 1.94. The van der Waals surface area contributed by atoms with Crippen molar-refractivity contribution < 1.29 is 4.79 Å². The van der Waals surface area contributed by atoms with Gasteiger partial charge in [-0.2, -0.15) is 0 Å². The number of nitrogens with zero attached hydrogens (tertiary/aromatic N) is 2. The highest BCUT2D eigenvalue weighted by molar-refractivity contribution is 5.98. The van der Waals surface area contributed by atoms with Gasteiger partial charge in [0.25, 0.3) is 0 Å². The van der Waals surface area contributed by atoms with E-state index in [0.29, 0.717) is 6.54 Å². The van der Waals surface area contributed by atoms with Gasteiger partial charge in [0.05, 0.1) is 6.54 Å². The molecule has 0 atom stereocenters. The molecule has 1 heterocycles. The Bertz CT molecular complexity index is 450. The van der Waals surface area contributed by atoms with Crippen LogP contribution in [0.15, 0.2) is 24.3 Å². The van der Waals surface area contributed by atoms with Crippen LogP contribution >= 0.6 is 0 Å². The van der Waals surface area contributed by atoms with E-state index in [2.05, 4.69) is 23.9 Å². The fourth-order valence-electron chi connectivity index (χ4n) is 2.97. The first-order valence-corrected chi connectivity index (χ1v) is 7.52. The quantitative estimate of drug-likeness (QED) is 0.771. The SMILES string of the molecule is Cc1ccccc1C(=O)CN(C)CC1CCN(C)CC1. The lowest BCUT2D eigenvalue weighted by Crippen LogP contribution is -2.37. The second kappa shape index (κ2) is 7.00. The van der Waals surface area contributed by atoms with Crippen molar-refractivity contribution in [3.63, 3.8) is 0 Å². The van der Waals surface area contributed by atoms with Gasteiger partial charge in [0.2, 0.25) is 0 Å². The van der Waals surface area contributed by atoms with Crippen LogP contribution in [-0.2, 0) is 0 Å². The molecule has 0 aliphatic carbocycles. The van der Waals surface area contributed by atoms with Gasteiger partial charge in [-0.05, 0) is 58.4 Å². The molecule has 1 saturated heterocycles. The minimum absolute atomic E-state index is 0.235. The van der Waals surface area contributed by atoms with Crippen LogP contribution in [0.25, 0.3) is 0 Å². The summed E-state index contributed by atoms with van der Waals surface area (Å²) in [6.45, 7) is 5.93. The molecule has 0 N–H and O–H groups in total. The number of rotatable bonds is 5. The highest BCUT2D eigenvalue weighted by Crippen LogP contribution is 2.17. The Morgan fingerprint density at radius 2 is 1.95 bits per heavy atom. The number of likely N-dealkylation sites (tertiary alicyclic amines) is 1. The molecule has 1 aromatic carbocycles. The fraction of sp³-hybridized carbons (Fsp3) is 0.588. The van der Waals surface area contributed by atoms with Gasteiger partial charge in [0, 0.05) is 12.1 Å². The topological polar surface area (TPSA) is 23.6 Å². The Balaban J connectivity index is 1.84. The largest absolute Gasteiger partial charge is 0.306 e. The zero-order valence-corrected chi connectivity index (χ0v) is 12.9. The molecule has 0 radical (unpaired) electrons. The first-order valence-electron chi connectivity index (χ1n) is 7.52. The third-order valence-electron chi connectivity index (χ3n) is 4.27. The molecule has 110 valence electrons. The van der Waals surface area contributed by atoms with Crippen LogP contribution in [0, 0.1) is 12.8 Å². The molecule has 2 rings (SSSR count). The Morgan fingerprint density at radius 1 is 1.30 bits per heavy atom. The van der Waals surface area contributed by atoms with Crippen LogP contribution in [0.5, 0.6) is 0 Å². The van der Waals surface area contributed by atoms with E-state index >= 15 is 0 Å². The fourth-order valence-corrected chi connectivity index (χ4v) is 2.97.